The van der Waals surface area contributed by atoms with Gasteiger partial charge in [-0.15, -0.1) is 0 Å². The van der Waals surface area contributed by atoms with Crippen molar-refractivity contribution in [1.82, 2.24) is 14.7 Å². The van der Waals surface area contributed by atoms with E-state index in [1.807, 2.05) is 16.9 Å². The van der Waals surface area contributed by atoms with Crippen molar-refractivity contribution in [3.63, 3.8) is 0 Å². The highest BCUT2D eigenvalue weighted by Gasteiger charge is 2.23. The second-order valence-electron chi connectivity index (χ2n) is 6.08. The summed E-state index contributed by atoms with van der Waals surface area (Å²) in [5.41, 5.74) is 0.587. The average Bonchev–Trinajstić information content (AvgIpc) is 3.14. The standard InChI is InChI=1S/C18H22N4O3/c19-10-15-2-4-17(5-3-15)25-14-16(23)11-21-8-9-24-18(12-21)13-22-7-1-6-20-22/h1-7,16,18,23H,8-9,11-14H2. The maximum absolute atomic E-state index is 10.2. The van der Waals surface area contributed by atoms with Crippen molar-refractivity contribution in [3.05, 3.63) is 48.3 Å². The molecule has 2 aromatic rings. The van der Waals surface area contributed by atoms with Crippen molar-refractivity contribution >= 4 is 0 Å². The first-order valence-electron chi connectivity index (χ1n) is 8.35. The van der Waals surface area contributed by atoms with Crippen molar-refractivity contribution in [2.45, 2.75) is 18.8 Å². The third-order valence-corrected chi connectivity index (χ3v) is 4.07. The Bertz CT molecular complexity index is 681. The molecule has 1 aromatic carbocycles. The number of hydrogen-bond donors (Lipinski definition) is 1. The van der Waals surface area contributed by atoms with Gasteiger partial charge in [0.1, 0.15) is 18.5 Å². The number of aromatic nitrogens is 2. The highest BCUT2D eigenvalue weighted by molar-refractivity contribution is 5.34. The largest absolute Gasteiger partial charge is 0.491 e. The van der Waals surface area contributed by atoms with Gasteiger partial charge in [-0.3, -0.25) is 9.58 Å². The molecule has 1 fully saturated rings. The molecule has 1 saturated heterocycles. The zero-order chi connectivity index (χ0) is 17.5. The number of hydrogen-bond acceptors (Lipinski definition) is 6. The molecule has 2 atom stereocenters. The molecule has 0 spiro atoms. The summed E-state index contributed by atoms with van der Waals surface area (Å²) in [6.45, 7) is 3.66. The number of rotatable bonds is 7. The van der Waals surface area contributed by atoms with Crippen molar-refractivity contribution in [2.24, 2.45) is 0 Å². The van der Waals surface area contributed by atoms with Gasteiger partial charge in [0.05, 0.1) is 30.9 Å². The number of aliphatic hydroxyl groups excluding tert-OH is 1. The van der Waals surface area contributed by atoms with Crippen LogP contribution in [0.1, 0.15) is 5.56 Å². The predicted octanol–water partition coefficient (Wildman–Crippen LogP) is 0.895. The Morgan fingerprint density at radius 2 is 2.24 bits per heavy atom. The molecule has 3 rings (SSSR count). The van der Waals surface area contributed by atoms with Gasteiger partial charge in [-0.25, -0.2) is 0 Å². The Morgan fingerprint density at radius 3 is 2.96 bits per heavy atom. The number of morpholine rings is 1. The summed E-state index contributed by atoms with van der Waals surface area (Å²) in [5.74, 6) is 0.650. The van der Waals surface area contributed by atoms with Crippen molar-refractivity contribution in [3.8, 4) is 11.8 Å². The molecule has 1 aliphatic rings. The van der Waals surface area contributed by atoms with Crippen LogP contribution in [0.3, 0.4) is 0 Å². The predicted molar refractivity (Wildman–Crippen MR) is 91.1 cm³/mol. The van der Waals surface area contributed by atoms with Crippen LogP contribution in [0.2, 0.25) is 0 Å². The smallest absolute Gasteiger partial charge is 0.119 e. The molecule has 7 nitrogen and oxygen atoms in total. The van der Waals surface area contributed by atoms with E-state index in [9.17, 15) is 5.11 Å². The van der Waals surface area contributed by atoms with Gasteiger partial charge in [0, 0.05) is 32.0 Å². The van der Waals surface area contributed by atoms with E-state index in [0.717, 1.165) is 13.1 Å². The maximum Gasteiger partial charge on any atom is 0.119 e. The molecule has 1 aromatic heterocycles. The summed E-state index contributed by atoms with van der Waals surface area (Å²) in [6, 6.07) is 10.8. The Morgan fingerprint density at radius 1 is 1.40 bits per heavy atom. The third-order valence-electron chi connectivity index (χ3n) is 4.07. The van der Waals surface area contributed by atoms with Crippen LogP contribution in [0.15, 0.2) is 42.7 Å². The van der Waals surface area contributed by atoms with E-state index in [2.05, 4.69) is 16.1 Å². The monoisotopic (exact) mass is 342 g/mol. The Balaban J connectivity index is 1.42. The minimum absolute atomic E-state index is 0.0697. The molecule has 1 N–H and O–H groups in total. The van der Waals surface area contributed by atoms with E-state index in [-0.39, 0.29) is 12.7 Å². The normalized spacial score (nSPS) is 19.3. The molecule has 0 aliphatic carbocycles. The average molecular weight is 342 g/mol. The second kappa shape index (κ2) is 8.62. The maximum atomic E-state index is 10.2. The minimum Gasteiger partial charge on any atom is -0.491 e. The summed E-state index contributed by atoms with van der Waals surface area (Å²) in [5, 5.41) is 23.2. The van der Waals surface area contributed by atoms with Gasteiger partial charge >= 0.3 is 0 Å². The molecule has 7 heteroatoms. The molecule has 0 saturated carbocycles. The van der Waals surface area contributed by atoms with Crippen molar-refractivity contribution in [2.75, 3.05) is 32.8 Å². The van der Waals surface area contributed by atoms with Crippen LogP contribution < -0.4 is 4.74 Å². The topological polar surface area (TPSA) is 83.5 Å². The Labute approximate surface area is 147 Å². The van der Waals surface area contributed by atoms with Crippen LogP contribution in [0.4, 0.5) is 0 Å². The van der Waals surface area contributed by atoms with Crippen LogP contribution in [-0.4, -0.2) is 64.8 Å². The molecule has 132 valence electrons. The number of β-amino-alcohol motifs (C(OH)–C–C–N with tert-alkyl or cyclic N) is 1. The van der Waals surface area contributed by atoms with Crippen molar-refractivity contribution in [1.29, 1.82) is 5.26 Å². The fraction of sp³-hybridized carbons (Fsp3) is 0.444. The molecule has 0 radical (unpaired) electrons. The van der Waals surface area contributed by atoms with Crippen LogP contribution in [-0.2, 0) is 11.3 Å². The Kier molecular flexibility index (Phi) is 6.01. The lowest BCUT2D eigenvalue weighted by Gasteiger charge is -2.33. The molecule has 1 aliphatic heterocycles. The summed E-state index contributed by atoms with van der Waals surface area (Å²) in [4.78, 5) is 2.18. The number of ether oxygens (including phenoxy) is 2. The lowest BCUT2D eigenvalue weighted by Crippen LogP contribution is -2.47. The molecule has 2 unspecified atom stereocenters. The number of aliphatic hydroxyl groups is 1. The van der Waals surface area contributed by atoms with Crippen LogP contribution >= 0.6 is 0 Å². The van der Waals surface area contributed by atoms with E-state index in [1.165, 1.54) is 0 Å². The van der Waals surface area contributed by atoms with E-state index in [1.54, 1.807) is 30.5 Å². The van der Waals surface area contributed by atoms with Gasteiger partial charge in [0.25, 0.3) is 0 Å². The molecule has 0 bridgehead atoms. The van der Waals surface area contributed by atoms with Gasteiger partial charge in [-0.2, -0.15) is 10.4 Å². The van der Waals surface area contributed by atoms with Crippen LogP contribution in [0, 0.1) is 11.3 Å². The highest BCUT2D eigenvalue weighted by Crippen LogP contribution is 2.13. The lowest BCUT2D eigenvalue weighted by molar-refractivity contribution is -0.0517. The van der Waals surface area contributed by atoms with Crippen LogP contribution in [0.5, 0.6) is 5.75 Å². The third kappa shape index (κ3) is 5.29. The van der Waals surface area contributed by atoms with Gasteiger partial charge in [0.2, 0.25) is 0 Å². The zero-order valence-corrected chi connectivity index (χ0v) is 14.0. The fourth-order valence-corrected chi connectivity index (χ4v) is 2.84. The fourth-order valence-electron chi connectivity index (χ4n) is 2.84. The SMILES string of the molecule is N#Cc1ccc(OCC(O)CN2CCOC(Cn3cccn3)C2)cc1. The summed E-state index contributed by atoms with van der Waals surface area (Å²) in [6.07, 6.45) is 3.16. The molecule has 2 heterocycles. The number of nitriles is 1. The van der Waals surface area contributed by atoms with E-state index in [4.69, 9.17) is 14.7 Å². The van der Waals surface area contributed by atoms with Gasteiger partial charge in [-0.05, 0) is 30.3 Å². The van der Waals surface area contributed by atoms with Crippen molar-refractivity contribution < 1.29 is 14.6 Å². The lowest BCUT2D eigenvalue weighted by atomic mass is 10.2. The number of nitrogens with zero attached hydrogens (tertiary/aromatic N) is 4. The molecular weight excluding hydrogens is 320 g/mol. The first-order valence-corrected chi connectivity index (χ1v) is 8.35. The van der Waals surface area contributed by atoms with E-state index >= 15 is 0 Å². The number of benzene rings is 1. The van der Waals surface area contributed by atoms with Crippen LogP contribution in [0.25, 0.3) is 0 Å². The first kappa shape index (κ1) is 17.4. The summed E-state index contributed by atoms with van der Waals surface area (Å²) in [7, 11) is 0. The van der Waals surface area contributed by atoms with Gasteiger partial charge in [0.15, 0.2) is 0 Å². The summed E-state index contributed by atoms with van der Waals surface area (Å²) < 4.78 is 13.2. The quantitative estimate of drug-likeness (QED) is 0.805. The van der Waals surface area contributed by atoms with E-state index < -0.39 is 6.10 Å². The minimum atomic E-state index is -0.584. The van der Waals surface area contributed by atoms with Gasteiger partial charge < -0.3 is 14.6 Å². The molecule has 25 heavy (non-hydrogen) atoms. The highest BCUT2D eigenvalue weighted by atomic mass is 16.5. The molecule has 0 amide bonds. The second-order valence-corrected chi connectivity index (χ2v) is 6.08. The Hall–Kier alpha value is -2.40. The van der Waals surface area contributed by atoms with E-state index in [0.29, 0.717) is 31.0 Å². The summed E-state index contributed by atoms with van der Waals surface area (Å²) >= 11 is 0. The first-order chi connectivity index (χ1) is 12.2. The van der Waals surface area contributed by atoms with Gasteiger partial charge in [-0.1, -0.05) is 0 Å². The molecular formula is C18H22N4O3. The zero-order valence-electron chi connectivity index (χ0n) is 14.0.